The van der Waals surface area contributed by atoms with Crippen molar-refractivity contribution in [3.05, 3.63) is 35.1 Å². The number of ether oxygens (including phenoxy) is 1. The Morgan fingerprint density at radius 1 is 1.38 bits per heavy atom. The standard InChI is InChI=1S/C11H15FO/c1-8(2)9-5-4-6-11(12)10(9)7-13-3/h4-6,8H,7H2,1-3H3. The van der Waals surface area contributed by atoms with Gasteiger partial charge in [-0.25, -0.2) is 4.39 Å². The van der Waals surface area contributed by atoms with E-state index in [2.05, 4.69) is 0 Å². The zero-order valence-electron chi connectivity index (χ0n) is 8.30. The van der Waals surface area contributed by atoms with E-state index in [0.717, 1.165) is 5.56 Å². The van der Waals surface area contributed by atoms with E-state index in [4.69, 9.17) is 4.74 Å². The molecule has 0 heterocycles. The fourth-order valence-corrected chi connectivity index (χ4v) is 1.41. The molecule has 1 aromatic rings. The fraction of sp³-hybridized carbons (Fsp3) is 0.455. The van der Waals surface area contributed by atoms with E-state index < -0.39 is 0 Å². The molecule has 1 aromatic carbocycles. The van der Waals surface area contributed by atoms with Gasteiger partial charge in [0.2, 0.25) is 0 Å². The molecule has 2 heteroatoms. The lowest BCUT2D eigenvalue weighted by molar-refractivity contribution is 0.180. The van der Waals surface area contributed by atoms with Gasteiger partial charge in [-0.1, -0.05) is 26.0 Å². The van der Waals surface area contributed by atoms with Crippen molar-refractivity contribution in [1.29, 1.82) is 0 Å². The fourth-order valence-electron chi connectivity index (χ4n) is 1.41. The van der Waals surface area contributed by atoms with Crippen LogP contribution in [0.5, 0.6) is 0 Å². The van der Waals surface area contributed by atoms with E-state index in [1.165, 1.54) is 6.07 Å². The molecule has 0 N–H and O–H groups in total. The van der Waals surface area contributed by atoms with Crippen LogP contribution in [0.3, 0.4) is 0 Å². The van der Waals surface area contributed by atoms with Crippen molar-refractivity contribution in [1.82, 2.24) is 0 Å². The Kier molecular flexibility index (Phi) is 3.43. The molecule has 0 fully saturated rings. The molecule has 0 aliphatic carbocycles. The normalized spacial score (nSPS) is 10.8. The quantitative estimate of drug-likeness (QED) is 0.698. The number of halogens is 1. The highest BCUT2D eigenvalue weighted by Crippen LogP contribution is 2.22. The highest BCUT2D eigenvalue weighted by molar-refractivity contribution is 5.30. The van der Waals surface area contributed by atoms with Gasteiger partial charge < -0.3 is 4.74 Å². The summed E-state index contributed by atoms with van der Waals surface area (Å²) in [7, 11) is 1.58. The van der Waals surface area contributed by atoms with Gasteiger partial charge in [0.15, 0.2) is 0 Å². The highest BCUT2D eigenvalue weighted by atomic mass is 19.1. The van der Waals surface area contributed by atoms with Crippen LogP contribution in [0.4, 0.5) is 4.39 Å². The van der Waals surface area contributed by atoms with E-state index in [-0.39, 0.29) is 5.82 Å². The number of hydrogen-bond acceptors (Lipinski definition) is 1. The van der Waals surface area contributed by atoms with Gasteiger partial charge in [-0.05, 0) is 17.5 Å². The molecule has 72 valence electrons. The van der Waals surface area contributed by atoms with E-state index in [1.807, 2.05) is 19.9 Å². The summed E-state index contributed by atoms with van der Waals surface area (Å²) in [5, 5.41) is 0. The molecule has 1 nitrogen and oxygen atoms in total. The van der Waals surface area contributed by atoms with Gasteiger partial charge in [0.1, 0.15) is 5.82 Å². The van der Waals surface area contributed by atoms with Gasteiger partial charge >= 0.3 is 0 Å². The summed E-state index contributed by atoms with van der Waals surface area (Å²) < 4.78 is 18.3. The number of hydrogen-bond donors (Lipinski definition) is 0. The first kappa shape index (κ1) is 10.2. The smallest absolute Gasteiger partial charge is 0.129 e. The van der Waals surface area contributed by atoms with Crippen LogP contribution in [-0.2, 0) is 11.3 Å². The number of benzene rings is 1. The predicted molar refractivity (Wildman–Crippen MR) is 51.2 cm³/mol. The minimum absolute atomic E-state index is 0.173. The third-order valence-corrected chi connectivity index (χ3v) is 2.07. The summed E-state index contributed by atoms with van der Waals surface area (Å²) in [4.78, 5) is 0. The zero-order chi connectivity index (χ0) is 9.84. The van der Waals surface area contributed by atoms with Gasteiger partial charge in [0, 0.05) is 12.7 Å². The lowest BCUT2D eigenvalue weighted by Gasteiger charge is -2.12. The minimum atomic E-state index is -0.173. The molecule has 1 rings (SSSR count). The highest BCUT2D eigenvalue weighted by Gasteiger charge is 2.10. The maximum absolute atomic E-state index is 13.3. The third-order valence-electron chi connectivity index (χ3n) is 2.07. The minimum Gasteiger partial charge on any atom is -0.380 e. The van der Waals surface area contributed by atoms with Crippen molar-refractivity contribution in [2.45, 2.75) is 26.4 Å². The Balaban J connectivity index is 3.09. The molecule has 0 saturated heterocycles. The molecule has 0 amide bonds. The monoisotopic (exact) mass is 182 g/mol. The van der Waals surface area contributed by atoms with Crippen LogP contribution < -0.4 is 0 Å². The SMILES string of the molecule is COCc1c(F)cccc1C(C)C. The second-order valence-corrected chi connectivity index (χ2v) is 3.40. The molecule has 0 atom stereocenters. The Labute approximate surface area is 78.5 Å². The van der Waals surface area contributed by atoms with Crippen molar-refractivity contribution in [3.63, 3.8) is 0 Å². The topological polar surface area (TPSA) is 9.23 Å². The Morgan fingerprint density at radius 3 is 2.62 bits per heavy atom. The molecule has 13 heavy (non-hydrogen) atoms. The second-order valence-electron chi connectivity index (χ2n) is 3.40. The van der Waals surface area contributed by atoms with Crippen molar-refractivity contribution < 1.29 is 9.13 Å². The van der Waals surface area contributed by atoms with Crippen LogP contribution in [0.15, 0.2) is 18.2 Å². The van der Waals surface area contributed by atoms with Gasteiger partial charge in [-0.3, -0.25) is 0 Å². The largest absolute Gasteiger partial charge is 0.380 e. The van der Waals surface area contributed by atoms with Gasteiger partial charge in [0.05, 0.1) is 6.61 Å². The molecule has 0 spiro atoms. The molecule has 0 aromatic heterocycles. The summed E-state index contributed by atoms with van der Waals surface area (Å²) in [6.07, 6.45) is 0. The van der Waals surface area contributed by atoms with E-state index >= 15 is 0 Å². The lowest BCUT2D eigenvalue weighted by atomic mass is 9.97. The first-order chi connectivity index (χ1) is 6.16. The average Bonchev–Trinajstić information content (AvgIpc) is 2.08. The van der Waals surface area contributed by atoms with E-state index in [1.54, 1.807) is 13.2 Å². The van der Waals surface area contributed by atoms with Crippen LogP contribution in [0, 0.1) is 5.82 Å². The summed E-state index contributed by atoms with van der Waals surface area (Å²) in [6.45, 7) is 4.45. The van der Waals surface area contributed by atoms with Gasteiger partial charge in [0.25, 0.3) is 0 Å². The zero-order valence-corrected chi connectivity index (χ0v) is 8.30. The van der Waals surface area contributed by atoms with Crippen LogP contribution >= 0.6 is 0 Å². The van der Waals surface area contributed by atoms with Crippen LogP contribution in [0.25, 0.3) is 0 Å². The van der Waals surface area contributed by atoms with Gasteiger partial charge in [-0.15, -0.1) is 0 Å². The molecule has 0 radical (unpaired) electrons. The van der Waals surface area contributed by atoms with Crippen molar-refractivity contribution in [2.75, 3.05) is 7.11 Å². The first-order valence-electron chi connectivity index (χ1n) is 4.43. The summed E-state index contributed by atoms with van der Waals surface area (Å²) in [6, 6.07) is 5.16. The molecule has 0 saturated carbocycles. The molecule has 0 aliphatic heterocycles. The molecule has 0 unspecified atom stereocenters. The summed E-state index contributed by atoms with van der Waals surface area (Å²) >= 11 is 0. The van der Waals surface area contributed by atoms with Crippen LogP contribution in [-0.4, -0.2) is 7.11 Å². The Morgan fingerprint density at radius 2 is 2.08 bits per heavy atom. The number of methoxy groups -OCH3 is 1. The maximum atomic E-state index is 13.3. The van der Waals surface area contributed by atoms with Crippen molar-refractivity contribution >= 4 is 0 Å². The van der Waals surface area contributed by atoms with Gasteiger partial charge in [-0.2, -0.15) is 0 Å². The second kappa shape index (κ2) is 4.38. The Bertz CT molecular complexity index is 281. The summed E-state index contributed by atoms with van der Waals surface area (Å²) in [5.74, 6) is 0.161. The molecule has 0 aliphatic rings. The average molecular weight is 182 g/mol. The molecule has 0 bridgehead atoms. The lowest BCUT2D eigenvalue weighted by Crippen LogP contribution is -2.01. The number of rotatable bonds is 3. The van der Waals surface area contributed by atoms with Crippen LogP contribution in [0.1, 0.15) is 30.9 Å². The van der Waals surface area contributed by atoms with E-state index in [9.17, 15) is 4.39 Å². The molecular weight excluding hydrogens is 167 g/mol. The first-order valence-corrected chi connectivity index (χ1v) is 4.43. The van der Waals surface area contributed by atoms with Crippen molar-refractivity contribution in [2.24, 2.45) is 0 Å². The third kappa shape index (κ3) is 2.28. The van der Waals surface area contributed by atoms with Crippen molar-refractivity contribution in [3.8, 4) is 0 Å². The Hall–Kier alpha value is -0.890. The van der Waals surface area contributed by atoms with E-state index in [0.29, 0.717) is 18.1 Å². The molecular formula is C11H15FO. The summed E-state index contributed by atoms with van der Waals surface area (Å²) in [5.41, 5.74) is 1.71. The predicted octanol–water partition coefficient (Wildman–Crippen LogP) is 3.10. The van der Waals surface area contributed by atoms with Crippen LogP contribution in [0.2, 0.25) is 0 Å². The maximum Gasteiger partial charge on any atom is 0.129 e.